The van der Waals surface area contributed by atoms with Crippen molar-refractivity contribution in [2.45, 2.75) is 187 Å². The molecule has 0 heterocycles. The highest BCUT2D eigenvalue weighted by molar-refractivity contribution is 5.67. The molecule has 0 aromatic heterocycles. The Morgan fingerprint density at radius 1 is 0.449 bits per heavy atom. The summed E-state index contributed by atoms with van der Waals surface area (Å²) < 4.78 is 11.6. The minimum Gasteiger partial charge on any atom is -0.449 e. The van der Waals surface area contributed by atoms with Gasteiger partial charge in [0.15, 0.2) is 0 Å². The van der Waals surface area contributed by atoms with Gasteiger partial charge in [-0.2, -0.15) is 0 Å². The number of amides is 1. The second-order valence-electron chi connectivity index (χ2n) is 14.4. The lowest BCUT2D eigenvalue weighted by Crippen LogP contribution is -2.36. The lowest BCUT2D eigenvalue weighted by Gasteiger charge is -2.22. The van der Waals surface area contributed by atoms with Crippen molar-refractivity contribution >= 4 is 6.09 Å². The molecule has 5 nitrogen and oxygen atoms in total. The Hall–Kier alpha value is -1.59. The highest BCUT2D eigenvalue weighted by Crippen LogP contribution is 2.12. The Labute approximate surface area is 306 Å². The fourth-order valence-corrected chi connectivity index (χ4v) is 5.95. The number of allylic oxidation sites excluding steroid dienone is 6. The average molecular weight is 689 g/mol. The van der Waals surface area contributed by atoms with E-state index in [0.717, 1.165) is 45.4 Å². The van der Waals surface area contributed by atoms with Gasteiger partial charge in [-0.25, -0.2) is 4.79 Å². The fraction of sp³-hybridized carbons (Fsp3) is 0.841. The second-order valence-corrected chi connectivity index (χ2v) is 14.4. The van der Waals surface area contributed by atoms with E-state index in [1.165, 1.54) is 148 Å². The summed E-state index contributed by atoms with van der Waals surface area (Å²) in [5, 5.41) is 0. The number of hydrogen-bond acceptors (Lipinski definition) is 4. The van der Waals surface area contributed by atoms with Crippen molar-refractivity contribution in [2.24, 2.45) is 0 Å². The van der Waals surface area contributed by atoms with Gasteiger partial charge >= 0.3 is 6.09 Å². The molecule has 0 saturated carbocycles. The summed E-state index contributed by atoms with van der Waals surface area (Å²) in [4.78, 5) is 16.8. The van der Waals surface area contributed by atoms with Gasteiger partial charge in [-0.05, 0) is 91.1 Å². The average Bonchev–Trinajstić information content (AvgIpc) is 3.09. The Bertz CT molecular complexity index is 748. The van der Waals surface area contributed by atoms with Crippen molar-refractivity contribution in [3.05, 3.63) is 36.5 Å². The summed E-state index contributed by atoms with van der Waals surface area (Å²) in [6, 6.07) is 0. The molecular formula is C44H84N2O3. The SMILES string of the molecule is CCCCCC=CCC=CCCCCCCCCN(CCOCCCCCCCCC=CCCCCCCCC)C(=O)OCCCN(C)C. The smallest absolute Gasteiger partial charge is 0.409 e. The first-order chi connectivity index (χ1) is 24.1. The molecule has 0 spiro atoms. The van der Waals surface area contributed by atoms with Crippen LogP contribution >= 0.6 is 0 Å². The van der Waals surface area contributed by atoms with Crippen molar-refractivity contribution in [1.29, 1.82) is 0 Å². The van der Waals surface area contributed by atoms with E-state index in [9.17, 15) is 4.79 Å². The van der Waals surface area contributed by atoms with Crippen LogP contribution in [0, 0.1) is 0 Å². The maximum atomic E-state index is 12.8. The topological polar surface area (TPSA) is 42.0 Å². The molecule has 0 rings (SSSR count). The molecule has 0 aliphatic heterocycles. The summed E-state index contributed by atoms with van der Waals surface area (Å²) in [5.74, 6) is 0. The van der Waals surface area contributed by atoms with E-state index >= 15 is 0 Å². The molecule has 0 radical (unpaired) electrons. The Morgan fingerprint density at radius 3 is 1.45 bits per heavy atom. The van der Waals surface area contributed by atoms with Gasteiger partial charge in [0.2, 0.25) is 0 Å². The quantitative estimate of drug-likeness (QED) is 0.0478. The maximum Gasteiger partial charge on any atom is 0.409 e. The van der Waals surface area contributed by atoms with Gasteiger partial charge < -0.3 is 19.3 Å². The summed E-state index contributed by atoms with van der Waals surface area (Å²) >= 11 is 0. The molecule has 49 heavy (non-hydrogen) atoms. The molecule has 0 saturated heterocycles. The van der Waals surface area contributed by atoms with Crippen molar-refractivity contribution in [2.75, 3.05) is 53.6 Å². The van der Waals surface area contributed by atoms with Crippen LogP contribution in [0.2, 0.25) is 0 Å². The zero-order chi connectivity index (χ0) is 35.7. The predicted octanol–water partition coefficient (Wildman–Crippen LogP) is 13.2. The summed E-state index contributed by atoms with van der Waals surface area (Å²) in [6.45, 7) is 8.72. The minimum absolute atomic E-state index is 0.179. The van der Waals surface area contributed by atoms with Gasteiger partial charge in [0.05, 0.1) is 13.2 Å². The number of unbranched alkanes of at least 4 members (excludes halogenated alkanes) is 21. The molecule has 0 fully saturated rings. The molecule has 0 atom stereocenters. The zero-order valence-electron chi connectivity index (χ0n) is 33.4. The van der Waals surface area contributed by atoms with Crippen molar-refractivity contribution in [3.63, 3.8) is 0 Å². The van der Waals surface area contributed by atoms with Crippen molar-refractivity contribution < 1.29 is 14.3 Å². The lowest BCUT2D eigenvalue weighted by atomic mass is 10.1. The van der Waals surface area contributed by atoms with Crippen LogP contribution in [0.3, 0.4) is 0 Å². The van der Waals surface area contributed by atoms with Gasteiger partial charge in [0, 0.05) is 26.2 Å². The number of nitrogens with zero attached hydrogens (tertiary/aromatic N) is 2. The van der Waals surface area contributed by atoms with E-state index in [4.69, 9.17) is 9.47 Å². The van der Waals surface area contributed by atoms with E-state index in [2.05, 4.69) is 55.2 Å². The first-order valence-corrected chi connectivity index (χ1v) is 21.2. The maximum absolute atomic E-state index is 12.8. The first-order valence-electron chi connectivity index (χ1n) is 21.2. The second kappa shape index (κ2) is 40.8. The molecule has 0 aromatic carbocycles. The number of hydrogen-bond donors (Lipinski definition) is 0. The summed E-state index contributed by atoms with van der Waals surface area (Å²) in [7, 11) is 4.10. The van der Waals surface area contributed by atoms with Crippen LogP contribution in [0.15, 0.2) is 36.5 Å². The molecule has 5 heteroatoms. The van der Waals surface area contributed by atoms with E-state index in [0.29, 0.717) is 19.8 Å². The molecule has 0 bridgehead atoms. The third-order valence-electron chi connectivity index (χ3n) is 9.17. The van der Waals surface area contributed by atoms with Crippen molar-refractivity contribution in [1.82, 2.24) is 9.80 Å². The molecule has 0 aliphatic carbocycles. The van der Waals surface area contributed by atoms with E-state index < -0.39 is 0 Å². The van der Waals surface area contributed by atoms with Crippen LogP contribution in [-0.2, 0) is 9.47 Å². The minimum atomic E-state index is -0.179. The number of carbonyl (C=O) groups is 1. The third-order valence-corrected chi connectivity index (χ3v) is 9.17. The molecular weight excluding hydrogens is 604 g/mol. The highest BCUT2D eigenvalue weighted by Gasteiger charge is 2.14. The van der Waals surface area contributed by atoms with E-state index in [-0.39, 0.29) is 6.09 Å². The van der Waals surface area contributed by atoms with E-state index in [1.54, 1.807) is 0 Å². The number of rotatable bonds is 38. The first kappa shape index (κ1) is 47.4. The van der Waals surface area contributed by atoms with E-state index in [1.807, 2.05) is 19.0 Å². The van der Waals surface area contributed by atoms with Crippen LogP contribution < -0.4 is 0 Å². The largest absolute Gasteiger partial charge is 0.449 e. The van der Waals surface area contributed by atoms with Gasteiger partial charge in [-0.15, -0.1) is 0 Å². The molecule has 288 valence electrons. The Morgan fingerprint density at radius 2 is 0.898 bits per heavy atom. The lowest BCUT2D eigenvalue weighted by molar-refractivity contribution is 0.0716. The molecule has 0 unspecified atom stereocenters. The molecule has 0 aliphatic rings. The van der Waals surface area contributed by atoms with Crippen LogP contribution in [0.25, 0.3) is 0 Å². The van der Waals surface area contributed by atoms with Crippen LogP contribution in [0.4, 0.5) is 4.79 Å². The highest BCUT2D eigenvalue weighted by atomic mass is 16.6. The van der Waals surface area contributed by atoms with Crippen molar-refractivity contribution in [3.8, 4) is 0 Å². The van der Waals surface area contributed by atoms with Gasteiger partial charge in [-0.1, -0.05) is 147 Å². The Kier molecular flexibility index (Phi) is 39.5. The fourth-order valence-electron chi connectivity index (χ4n) is 5.95. The zero-order valence-corrected chi connectivity index (χ0v) is 33.4. The van der Waals surface area contributed by atoms with Gasteiger partial charge in [-0.3, -0.25) is 0 Å². The van der Waals surface area contributed by atoms with Crippen LogP contribution in [0.1, 0.15) is 187 Å². The summed E-state index contributed by atoms with van der Waals surface area (Å²) in [6.07, 6.45) is 48.0. The summed E-state index contributed by atoms with van der Waals surface area (Å²) in [5.41, 5.74) is 0. The third kappa shape index (κ3) is 39.1. The number of carbonyl (C=O) groups excluding carboxylic acids is 1. The van der Waals surface area contributed by atoms with Crippen LogP contribution in [0.5, 0.6) is 0 Å². The number of ether oxygens (including phenoxy) is 2. The molecule has 0 aromatic rings. The molecule has 0 N–H and O–H groups in total. The van der Waals surface area contributed by atoms with Gasteiger partial charge in [0.1, 0.15) is 0 Å². The van der Waals surface area contributed by atoms with Crippen LogP contribution in [-0.4, -0.2) is 69.4 Å². The van der Waals surface area contributed by atoms with Gasteiger partial charge in [0.25, 0.3) is 0 Å². The standard InChI is InChI=1S/C44H84N2O3/c1-5-7-9-11-13-15-17-19-21-23-25-27-29-31-33-35-39-46(44(47)49-42-37-38-45(3)4)40-43-48-41-36-34-32-30-28-26-24-22-20-18-16-14-12-10-8-6-2/h13,15,19-22H,5-12,14,16-18,23-43H2,1-4H3. The Balaban J connectivity index is 3.94. The monoisotopic (exact) mass is 689 g/mol. The predicted molar refractivity (Wildman–Crippen MR) is 216 cm³/mol. The molecule has 1 amide bonds. The normalized spacial score (nSPS) is 12.0.